The van der Waals surface area contributed by atoms with Crippen LogP contribution in [0.25, 0.3) is 0 Å². The van der Waals surface area contributed by atoms with Crippen molar-refractivity contribution in [1.82, 2.24) is 20.9 Å². The molecule has 27 heavy (non-hydrogen) atoms. The number of amides is 1. The third kappa shape index (κ3) is 10.5. The number of guanidine groups is 1. The first-order valence-corrected chi connectivity index (χ1v) is 11.3. The molecule has 0 aromatic rings. The molecule has 1 rings (SSSR count). The summed E-state index contributed by atoms with van der Waals surface area (Å²) in [6, 6.07) is 0.297. The molecule has 1 fully saturated rings. The highest BCUT2D eigenvalue weighted by Gasteiger charge is 2.27. The van der Waals surface area contributed by atoms with Crippen LogP contribution in [0.5, 0.6) is 0 Å². The molecule has 0 aromatic heterocycles. The summed E-state index contributed by atoms with van der Waals surface area (Å²) in [4.78, 5) is 18.7. The van der Waals surface area contributed by atoms with Crippen LogP contribution in [-0.4, -0.2) is 83.0 Å². The topological polar surface area (TPSA) is 103 Å². The van der Waals surface area contributed by atoms with Crippen LogP contribution in [-0.2, 0) is 14.6 Å². The maximum absolute atomic E-state index is 11.9. The fourth-order valence-electron chi connectivity index (χ4n) is 2.80. The Bertz CT molecular complexity index is 587. The summed E-state index contributed by atoms with van der Waals surface area (Å²) >= 11 is 0. The number of likely N-dealkylation sites (tertiary alicyclic amines) is 1. The van der Waals surface area contributed by atoms with Gasteiger partial charge in [-0.3, -0.25) is 9.79 Å². The molecule has 0 atom stereocenters. The Kier molecular flexibility index (Phi) is 11.8. The number of sulfone groups is 1. The van der Waals surface area contributed by atoms with Crippen molar-refractivity contribution >= 4 is 45.7 Å². The first-order chi connectivity index (χ1) is 12.1. The summed E-state index contributed by atoms with van der Waals surface area (Å²) in [7, 11) is -1.28. The van der Waals surface area contributed by atoms with Gasteiger partial charge in [-0.15, -0.1) is 24.0 Å². The lowest BCUT2D eigenvalue weighted by Crippen LogP contribution is -2.49. The van der Waals surface area contributed by atoms with Gasteiger partial charge in [-0.05, 0) is 33.6 Å². The Hall–Kier alpha value is -0.620. The fraction of sp³-hybridized carbons (Fsp3) is 0.882. The van der Waals surface area contributed by atoms with E-state index in [-0.39, 0.29) is 35.6 Å². The van der Waals surface area contributed by atoms with E-state index in [0.29, 0.717) is 19.1 Å². The van der Waals surface area contributed by atoms with E-state index in [1.807, 2.05) is 20.8 Å². The van der Waals surface area contributed by atoms with Gasteiger partial charge in [0, 0.05) is 45.5 Å². The molecule has 0 aliphatic carbocycles. The van der Waals surface area contributed by atoms with Gasteiger partial charge >= 0.3 is 0 Å². The van der Waals surface area contributed by atoms with Crippen molar-refractivity contribution in [3.63, 3.8) is 0 Å². The highest BCUT2D eigenvalue weighted by Crippen LogP contribution is 2.15. The zero-order valence-electron chi connectivity index (χ0n) is 17.2. The van der Waals surface area contributed by atoms with E-state index in [2.05, 4.69) is 25.8 Å². The molecule has 0 unspecified atom stereocenters. The van der Waals surface area contributed by atoms with Gasteiger partial charge in [-0.2, -0.15) is 0 Å². The first kappa shape index (κ1) is 26.4. The van der Waals surface area contributed by atoms with E-state index in [4.69, 9.17) is 0 Å². The van der Waals surface area contributed by atoms with Gasteiger partial charge in [-0.1, -0.05) is 0 Å². The molecule has 0 aromatic carbocycles. The van der Waals surface area contributed by atoms with Crippen LogP contribution in [0.4, 0.5) is 0 Å². The Balaban J connectivity index is 0.00000676. The summed E-state index contributed by atoms with van der Waals surface area (Å²) in [5.41, 5.74) is -0.563. The lowest BCUT2D eigenvalue weighted by Gasteiger charge is -2.33. The van der Waals surface area contributed by atoms with E-state index >= 15 is 0 Å². The highest BCUT2D eigenvalue weighted by molar-refractivity contribution is 14.0. The second kappa shape index (κ2) is 12.1. The minimum absolute atomic E-state index is 0. The van der Waals surface area contributed by atoms with Crippen molar-refractivity contribution in [3.05, 3.63) is 0 Å². The van der Waals surface area contributed by atoms with Crippen molar-refractivity contribution < 1.29 is 13.2 Å². The van der Waals surface area contributed by atoms with Crippen molar-refractivity contribution in [2.45, 2.75) is 39.7 Å². The van der Waals surface area contributed by atoms with Crippen molar-refractivity contribution in [2.75, 3.05) is 51.8 Å². The molecule has 0 bridgehead atoms. The van der Waals surface area contributed by atoms with Crippen LogP contribution in [0.1, 0.15) is 33.6 Å². The van der Waals surface area contributed by atoms with E-state index in [9.17, 15) is 13.2 Å². The predicted molar refractivity (Wildman–Crippen MR) is 122 cm³/mol. The smallest absolute Gasteiger partial charge is 0.227 e. The van der Waals surface area contributed by atoms with Gasteiger partial charge in [0.25, 0.3) is 0 Å². The molecule has 0 spiro atoms. The Morgan fingerprint density at radius 2 is 1.85 bits per heavy atom. The zero-order chi connectivity index (χ0) is 19.8. The van der Waals surface area contributed by atoms with Gasteiger partial charge in [0.15, 0.2) is 5.96 Å². The normalized spacial score (nSPS) is 17.1. The van der Waals surface area contributed by atoms with Gasteiger partial charge in [-0.25, -0.2) is 8.42 Å². The fourth-order valence-corrected chi connectivity index (χ4v) is 3.39. The third-order valence-electron chi connectivity index (χ3n) is 4.53. The summed E-state index contributed by atoms with van der Waals surface area (Å²) < 4.78 is 22.6. The van der Waals surface area contributed by atoms with Crippen LogP contribution in [0.15, 0.2) is 4.99 Å². The Morgan fingerprint density at radius 1 is 1.26 bits per heavy atom. The number of carbonyl (C=O) groups excluding carboxylic acids is 1. The van der Waals surface area contributed by atoms with Gasteiger partial charge in [0.05, 0.1) is 17.7 Å². The SMILES string of the molecule is CCNC(=NCC(C)(C)C(=O)NC)NC1CCN(CCS(C)(=O)=O)CC1.I. The third-order valence-corrected chi connectivity index (χ3v) is 5.45. The van der Waals surface area contributed by atoms with Crippen LogP contribution in [0, 0.1) is 5.41 Å². The molecule has 1 saturated heterocycles. The monoisotopic (exact) mass is 517 g/mol. The van der Waals surface area contributed by atoms with Crippen LogP contribution in [0.2, 0.25) is 0 Å². The number of halogens is 1. The number of aliphatic imine (C=N–C) groups is 1. The van der Waals surface area contributed by atoms with Crippen LogP contribution in [0.3, 0.4) is 0 Å². The minimum atomic E-state index is -2.91. The molecular formula is C17H36IN5O3S. The Labute approximate surface area is 181 Å². The summed E-state index contributed by atoms with van der Waals surface area (Å²) in [5.74, 6) is 0.902. The highest BCUT2D eigenvalue weighted by atomic mass is 127. The molecule has 3 N–H and O–H groups in total. The largest absolute Gasteiger partial charge is 0.359 e. The number of nitrogens with zero attached hydrogens (tertiary/aromatic N) is 2. The summed E-state index contributed by atoms with van der Waals surface area (Å²) in [6.45, 7) is 9.24. The number of rotatable bonds is 8. The molecule has 1 amide bonds. The van der Waals surface area contributed by atoms with Crippen molar-refractivity contribution in [1.29, 1.82) is 0 Å². The summed E-state index contributed by atoms with van der Waals surface area (Å²) in [6.07, 6.45) is 3.15. The molecule has 8 nitrogen and oxygen atoms in total. The molecule has 10 heteroatoms. The molecule has 0 radical (unpaired) electrons. The van der Waals surface area contributed by atoms with Gasteiger partial charge in [0.2, 0.25) is 5.91 Å². The van der Waals surface area contributed by atoms with E-state index in [0.717, 1.165) is 38.4 Å². The second-order valence-corrected chi connectivity index (χ2v) is 9.81. The Morgan fingerprint density at radius 3 is 2.33 bits per heavy atom. The van der Waals surface area contributed by atoms with Gasteiger partial charge < -0.3 is 20.9 Å². The quantitative estimate of drug-likeness (QED) is 0.246. The van der Waals surface area contributed by atoms with Crippen molar-refractivity contribution in [2.24, 2.45) is 10.4 Å². The molecule has 1 aliphatic rings. The number of piperidine rings is 1. The molecule has 1 heterocycles. The van der Waals surface area contributed by atoms with Crippen LogP contribution < -0.4 is 16.0 Å². The van der Waals surface area contributed by atoms with Gasteiger partial charge in [0.1, 0.15) is 9.84 Å². The average Bonchev–Trinajstić information content (AvgIpc) is 2.58. The first-order valence-electron chi connectivity index (χ1n) is 9.24. The number of nitrogens with one attached hydrogen (secondary N) is 3. The maximum Gasteiger partial charge on any atom is 0.227 e. The molecule has 1 aliphatic heterocycles. The molecule has 160 valence electrons. The standard InChI is InChI=1S/C17H35N5O3S.HI/c1-6-19-16(20-13-17(2,3)15(23)18-4)21-14-7-9-22(10-8-14)11-12-26(5,24)25;/h14H,6-13H2,1-5H3,(H,18,23)(H2,19,20,21);1H. The minimum Gasteiger partial charge on any atom is -0.359 e. The van der Waals surface area contributed by atoms with Crippen molar-refractivity contribution in [3.8, 4) is 0 Å². The molecular weight excluding hydrogens is 481 g/mol. The van der Waals surface area contributed by atoms with Crippen LogP contribution >= 0.6 is 24.0 Å². The lowest BCUT2D eigenvalue weighted by molar-refractivity contribution is -0.128. The zero-order valence-corrected chi connectivity index (χ0v) is 20.3. The maximum atomic E-state index is 11.9. The molecule has 0 saturated carbocycles. The van der Waals surface area contributed by atoms with E-state index < -0.39 is 15.3 Å². The predicted octanol–water partition coefficient (Wildman–Crippen LogP) is 0.441. The average molecular weight is 517 g/mol. The number of carbonyl (C=O) groups is 1. The lowest BCUT2D eigenvalue weighted by atomic mass is 9.93. The number of hydrogen-bond donors (Lipinski definition) is 3. The number of hydrogen-bond acceptors (Lipinski definition) is 5. The van der Waals surface area contributed by atoms with E-state index in [1.165, 1.54) is 6.26 Å². The second-order valence-electron chi connectivity index (χ2n) is 7.55. The van der Waals surface area contributed by atoms with E-state index in [1.54, 1.807) is 7.05 Å². The summed E-state index contributed by atoms with van der Waals surface area (Å²) in [5, 5.41) is 9.34.